The molecule has 0 aromatic heterocycles. The Labute approximate surface area is 102 Å². The van der Waals surface area contributed by atoms with Crippen LogP contribution >= 0.6 is 0 Å². The zero-order valence-corrected chi connectivity index (χ0v) is 10.5. The molecule has 5 heteroatoms. The molecule has 0 spiro atoms. The molecular weight excluding hydrogens is 222 g/mol. The van der Waals surface area contributed by atoms with Gasteiger partial charge in [-0.25, -0.2) is 0 Å². The number of ether oxygens (including phenoxy) is 2. The molecule has 17 heavy (non-hydrogen) atoms. The van der Waals surface area contributed by atoms with E-state index in [2.05, 4.69) is 4.90 Å². The number of carbonyl (C=O) groups is 1. The standard InChI is InChI=1S/C12H21NO4/c1-9-5-13(6-10(2)17-9)7-12(11(14)15)3-4-16-8-12/h9-10H,3-8H2,1-2H3,(H,14,15)/t9-,10+,12?. The van der Waals surface area contributed by atoms with Crippen molar-refractivity contribution >= 4 is 5.97 Å². The van der Waals surface area contributed by atoms with Gasteiger partial charge in [0.2, 0.25) is 0 Å². The minimum absolute atomic E-state index is 0.173. The predicted molar refractivity (Wildman–Crippen MR) is 62.0 cm³/mol. The molecule has 0 amide bonds. The Morgan fingerprint density at radius 2 is 2.06 bits per heavy atom. The van der Waals surface area contributed by atoms with Gasteiger partial charge in [0.25, 0.3) is 0 Å². The van der Waals surface area contributed by atoms with Crippen LogP contribution in [0.5, 0.6) is 0 Å². The zero-order chi connectivity index (χ0) is 12.5. The lowest BCUT2D eigenvalue weighted by molar-refractivity contribution is -0.152. The second-order valence-electron chi connectivity index (χ2n) is 5.34. The number of aliphatic carboxylic acids is 1. The number of carboxylic acids is 1. The van der Waals surface area contributed by atoms with E-state index in [9.17, 15) is 9.90 Å². The summed E-state index contributed by atoms with van der Waals surface area (Å²) in [6, 6.07) is 0. The minimum Gasteiger partial charge on any atom is -0.481 e. The van der Waals surface area contributed by atoms with Gasteiger partial charge < -0.3 is 14.6 Å². The summed E-state index contributed by atoms with van der Waals surface area (Å²) in [6.45, 7) is 7.13. The Kier molecular flexibility index (Phi) is 3.70. The lowest BCUT2D eigenvalue weighted by Crippen LogP contribution is -2.51. The van der Waals surface area contributed by atoms with E-state index in [0.717, 1.165) is 13.1 Å². The molecule has 5 nitrogen and oxygen atoms in total. The Bertz CT molecular complexity index is 278. The van der Waals surface area contributed by atoms with Crippen molar-refractivity contribution in [3.05, 3.63) is 0 Å². The van der Waals surface area contributed by atoms with Crippen molar-refractivity contribution in [1.29, 1.82) is 0 Å². The van der Waals surface area contributed by atoms with Crippen LogP contribution in [0.2, 0.25) is 0 Å². The minimum atomic E-state index is -0.734. The first-order valence-corrected chi connectivity index (χ1v) is 6.21. The lowest BCUT2D eigenvalue weighted by Gasteiger charge is -2.38. The molecule has 2 saturated heterocycles. The molecule has 2 fully saturated rings. The van der Waals surface area contributed by atoms with E-state index in [0.29, 0.717) is 26.2 Å². The van der Waals surface area contributed by atoms with Crippen molar-refractivity contribution in [3.63, 3.8) is 0 Å². The molecular formula is C12H21NO4. The van der Waals surface area contributed by atoms with E-state index < -0.39 is 11.4 Å². The predicted octanol–water partition coefficient (Wildman–Crippen LogP) is 0.587. The summed E-state index contributed by atoms with van der Waals surface area (Å²) in [5.41, 5.74) is -0.712. The van der Waals surface area contributed by atoms with Gasteiger partial charge in [-0.3, -0.25) is 9.69 Å². The van der Waals surface area contributed by atoms with Crippen LogP contribution < -0.4 is 0 Å². The summed E-state index contributed by atoms with van der Waals surface area (Å²) < 4.78 is 10.9. The van der Waals surface area contributed by atoms with Crippen LogP contribution in [0, 0.1) is 5.41 Å². The molecule has 2 heterocycles. The molecule has 0 saturated carbocycles. The van der Waals surface area contributed by atoms with E-state index >= 15 is 0 Å². The van der Waals surface area contributed by atoms with Gasteiger partial charge in [-0.15, -0.1) is 0 Å². The molecule has 0 aromatic rings. The Morgan fingerprint density at radius 1 is 1.41 bits per heavy atom. The Balaban J connectivity index is 2.00. The van der Waals surface area contributed by atoms with Crippen LogP contribution in [0.4, 0.5) is 0 Å². The Morgan fingerprint density at radius 3 is 2.53 bits per heavy atom. The van der Waals surface area contributed by atoms with Crippen molar-refractivity contribution in [1.82, 2.24) is 4.90 Å². The van der Waals surface area contributed by atoms with Gasteiger partial charge in [-0.05, 0) is 20.3 Å². The summed E-state index contributed by atoms with van der Waals surface area (Å²) >= 11 is 0. The fraction of sp³-hybridized carbons (Fsp3) is 0.917. The van der Waals surface area contributed by atoms with Gasteiger partial charge in [0, 0.05) is 26.2 Å². The van der Waals surface area contributed by atoms with E-state index in [1.807, 2.05) is 13.8 Å². The molecule has 2 aliphatic heterocycles. The van der Waals surface area contributed by atoms with Crippen LogP contribution in [0.3, 0.4) is 0 Å². The molecule has 2 aliphatic rings. The van der Waals surface area contributed by atoms with Gasteiger partial charge in [-0.2, -0.15) is 0 Å². The first-order chi connectivity index (χ1) is 8.02. The highest BCUT2D eigenvalue weighted by Gasteiger charge is 2.44. The molecule has 0 radical (unpaired) electrons. The molecule has 3 atom stereocenters. The molecule has 2 rings (SSSR count). The van der Waals surface area contributed by atoms with Gasteiger partial charge in [0.15, 0.2) is 0 Å². The summed E-state index contributed by atoms with van der Waals surface area (Å²) in [5.74, 6) is -0.734. The highest BCUT2D eigenvalue weighted by molar-refractivity contribution is 5.75. The van der Waals surface area contributed by atoms with E-state index in [4.69, 9.17) is 9.47 Å². The maximum atomic E-state index is 11.4. The molecule has 0 aromatic carbocycles. The monoisotopic (exact) mass is 243 g/mol. The maximum Gasteiger partial charge on any atom is 0.313 e. The van der Waals surface area contributed by atoms with Gasteiger partial charge >= 0.3 is 5.97 Å². The Hall–Kier alpha value is -0.650. The second-order valence-corrected chi connectivity index (χ2v) is 5.34. The van der Waals surface area contributed by atoms with Crippen molar-refractivity contribution in [2.75, 3.05) is 32.8 Å². The van der Waals surface area contributed by atoms with Crippen molar-refractivity contribution < 1.29 is 19.4 Å². The third-order valence-electron chi connectivity index (χ3n) is 3.58. The number of hydrogen-bond acceptors (Lipinski definition) is 4. The van der Waals surface area contributed by atoms with Crippen LogP contribution in [0.1, 0.15) is 20.3 Å². The SMILES string of the molecule is C[C@@H]1CN(CC2(C(=O)O)CCOC2)C[C@H](C)O1. The van der Waals surface area contributed by atoms with Crippen LogP contribution in [0.25, 0.3) is 0 Å². The number of carboxylic acid groups (broad SMARTS) is 1. The highest BCUT2D eigenvalue weighted by Crippen LogP contribution is 2.31. The van der Waals surface area contributed by atoms with Gasteiger partial charge in [0.1, 0.15) is 5.41 Å². The van der Waals surface area contributed by atoms with Crippen LogP contribution in [0.15, 0.2) is 0 Å². The first kappa shape index (κ1) is 12.8. The van der Waals surface area contributed by atoms with Crippen molar-refractivity contribution in [2.45, 2.75) is 32.5 Å². The van der Waals surface area contributed by atoms with Crippen molar-refractivity contribution in [2.24, 2.45) is 5.41 Å². The third kappa shape index (κ3) is 2.78. The summed E-state index contributed by atoms with van der Waals surface area (Å²) in [6.07, 6.45) is 0.960. The number of rotatable bonds is 3. The van der Waals surface area contributed by atoms with Crippen LogP contribution in [-0.4, -0.2) is 61.0 Å². The van der Waals surface area contributed by atoms with Crippen molar-refractivity contribution in [3.8, 4) is 0 Å². The fourth-order valence-corrected chi connectivity index (χ4v) is 2.81. The summed E-state index contributed by atoms with van der Waals surface area (Å²) in [4.78, 5) is 13.6. The van der Waals surface area contributed by atoms with Crippen LogP contribution in [-0.2, 0) is 14.3 Å². The molecule has 1 N–H and O–H groups in total. The molecule has 0 aliphatic carbocycles. The summed E-state index contributed by atoms with van der Waals surface area (Å²) in [5, 5.41) is 9.39. The number of morpholine rings is 1. The molecule has 98 valence electrons. The highest BCUT2D eigenvalue weighted by atomic mass is 16.5. The molecule has 0 bridgehead atoms. The van der Waals surface area contributed by atoms with E-state index in [1.165, 1.54) is 0 Å². The average molecular weight is 243 g/mol. The number of nitrogens with zero attached hydrogens (tertiary/aromatic N) is 1. The molecule has 1 unspecified atom stereocenters. The van der Waals surface area contributed by atoms with Gasteiger partial charge in [0.05, 0.1) is 18.8 Å². The van der Waals surface area contributed by atoms with E-state index in [1.54, 1.807) is 0 Å². The maximum absolute atomic E-state index is 11.4. The normalized spacial score (nSPS) is 39.4. The van der Waals surface area contributed by atoms with E-state index in [-0.39, 0.29) is 12.2 Å². The van der Waals surface area contributed by atoms with Gasteiger partial charge in [-0.1, -0.05) is 0 Å². The zero-order valence-electron chi connectivity index (χ0n) is 10.5. The average Bonchev–Trinajstić information content (AvgIpc) is 2.65. The second kappa shape index (κ2) is 4.92. The smallest absolute Gasteiger partial charge is 0.313 e. The number of hydrogen-bond donors (Lipinski definition) is 1. The quantitative estimate of drug-likeness (QED) is 0.786. The largest absolute Gasteiger partial charge is 0.481 e. The first-order valence-electron chi connectivity index (χ1n) is 6.21. The third-order valence-corrected chi connectivity index (χ3v) is 3.58. The lowest BCUT2D eigenvalue weighted by atomic mass is 9.86. The summed E-state index contributed by atoms with van der Waals surface area (Å²) in [7, 11) is 0. The topological polar surface area (TPSA) is 59.0 Å². The fourth-order valence-electron chi connectivity index (χ4n) is 2.81.